The first-order chi connectivity index (χ1) is 11.1. The lowest BCUT2D eigenvalue weighted by Crippen LogP contribution is -2.46. The second kappa shape index (κ2) is 5.59. The predicted molar refractivity (Wildman–Crippen MR) is 78.1 cm³/mol. The SMILES string of the molecule is NC1=N[C@@]2(c3cc([N+](=O)[O-])ccc3F)CO[C@H](C(F)(F)F)[C@H]2CS1. The van der Waals surface area contributed by atoms with Crippen molar-refractivity contribution in [3.05, 3.63) is 39.7 Å². The number of hydrogen-bond donors (Lipinski definition) is 1. The molecule has 0 bridgehead atoms. The van der Waals surface area contributed by atoms with Crippen LogP contribution in [0.1, 0.15) is 5.56 Å². The molecule has 24 heavy (non-hydrogen) atoms. The second-order valence-corrected chi connectivity index (χ2v) is 6.53. The number of ether oxygens (including phenoxy) is 1. The fraction of sp³-hybridized carbons (Fsp3) is 0.462. The van der Waals surface area contributed by atoms with Crippen LogP contribution in [0.25, 0.3) is 0 Å². The molecular formula is C13H11F4N3O3S. The monoisotopic (exact) mass is 365 g/mol. The topological polar surface area (TPSA) is 90.8 Å². The lowest BCUT2D eigenvalue weighted by molar-refractivity contribution is -0.385. The summed E-state index contributed by atoms with van der Waals surface area (Å²) >= 11 is 0.915. The maximum absolute atomic E-state index is 14.3. The van der Waals surface area contributed by atoms with Crippen LogP contribution >= 0.6 is 11.8 Å². The smallest absolute Gasteiger partial charge is 0.379 e. The number of nitro benzene ring substituents is 1. The number of benzene rings is 1. The van der Waals surface area contributed by atoms with E-state index >= 15 is 0 Å². The molecule has 1 aromatic rings. The van der Waals surface area contributed by atoms with Crippen LogP contribution in [0.4, 0.5) is 23.2 Å². The minimum Gasteiger partial charge on any atom is -0.379 e. The summed E-state index contributed by atoms with van der Waals surface area (Å²) < 4.78 is 58.8. The summed E-state index contributed by atoms with van der Waals surface area (Å²) in [4.78, 5) is 14.2. The van der Waals surface area contributed by atoms with Crippen LogP contribution in [-0.2, 0) is 10.3 Å². The summed E-state index contributed by atoms with van der Waals surface area (Å²) in [5.74, 6) is -2.20. The number of alkyl halides is 3. The highest BCUT2D eigenvalue weighted by Crippen LogP contribution is 2.52. The van der Waals surface area contributed by atoms with Gasteiger partial charge in [-0.05, 0) is 6.07 Å². The van der Waals surface area contributed by atoms with Gasteiger partial charge < -0.3 is 10.5 Å². The molecule has 0 spiro atoms. The number of halogens is 4. The van der Waals surface area contributed by atoms with E-state index in [1.165, 1.54) is 0 Å². The number of fused-ring (bicyclic) bond motifs is 1. The third-order valence-electron chi connectivity index (χ3n) is 4.13. The van der Waals surface area contributed by atoms with Crippen molar-refractivity contribution in [3.8, 4) is 0 Å². The Balaban J connectivity index is 2.17. The highest BCUT2D eigenvalue weighted by Gasteiger charge is 2.62. The van der Waals surface area contributed by atoms with E-state index in [9.17, 15) is 27.7 Å². The van der Waals surface area contributed by atoms with E-state index in [-0.39, 0.29) is 16.5 Å². The minimum absolute atomic E-state index is 0.0106. The number of aliphatic imine (C=N–C) groups is 1. The van der Waals surface area contributed by atoms with E-state index in [1.807, 2.05) is 0 Å². The Labute approximate surface area is 137 Å². The molecule has 2 heterocycles. The molecule has 2 N–H and O–H groups in total. The molecule has 2 aliphatic heterocycles. The number of hydrogen-bond acceptors (Lipinski definition) is 6. The highest BCUT2D eigenvalue weighted by atomic mass is 32.2. The quantitative estimate of drug-likeness (QED) is 0.494. The Morgan fingerprint density at radius 1 is 1.46 bits per heavy atom. The molecule has 2 aliphatic rings. The van der Waals surface area contributed by atoms with Crippen LogP contribution in [0.2, 0.25) is 0 Å². The van der Waals surface area contributed by atoms with Crippen molar-refractivity contribution >= 4 is 22.6 Å². The van der Waals surface area contributed by atoms with Crippen molar-refractivity contribution in [1.82, 2.24) is 0 Å². The van der Waals surface area contributed by atoms with E-state index in [0.717, 1.165) is 30.0 Å². The largest absolute Gasteiger partial charge is 0.415 e. The molecule has 0 unspecified atom stereocenters. The summed E-state index contributed by atoms with van der Waals surface area (Å²) in [6.07, 6.45) is -6.80. The van der Waals surface area contributed by atoms with E-state index in [4.69, 9.17) is 10.5 Å². The molecular weight excluding hydrogens is 354 g/mol. The summed E-state index contributed by atoms with van der Waals surface area (Å²) in [6, 6.07) is 2.68. The Kier molecular flexibility index (Phi) is 3.95. The van der Waals surface area contributed by atoms with Crippen LogP contribution < -0.4 is 5.73 Å². The molecule has 6 nitrogen and oxygen atoms in total. The average molecular weight is 365 g/mol. The van der Waals surface area contributed by atoms with Crippen molar-refractivity contribution < 1.29 is 27.2 Å². The zero-order valence-corrected chi connectivity index (χ0v) is 12.7. The fourth-order valence-electron chi connectivity index (χ4n) is 3.05. The number of nitro groups is 1. The van der Waals surface area contributed by atoms with Gasteiger partial charge in [0.2, 0.25) is 0 Å². The lowest BCUT2D eigenvalue weighted by Gasteiger charge is -2.36. The van der Waals surface area contributed by atoms with Gasteiger partial charge in [-0.15, -0.1) is 0 Å². The van der Waals surface area contributed by atoms with E-state index < -0.39 is 46.8 Å². The van der Waals surface area contributed by atoms with Crippen LogP contribution in [0, 0.1) is 21.8 Å². The standard InChI is InChI=1S/C13H11F4N3O3S/c14-9-2-1-6(20(21)22)3-7(9)12-5-23-10(13(15,16)17)8(12)4-24-11(18)19-12/h1-3,8,10H,4-5H2,(H2,18,19)/t8-,10+,12-/m1/s1. The molecule has 1 fully saturated rings. The number of amidine groups is 1. The molecule has 1 aromatic carbocycles. The van der Waals surface area contributed by atoms with Crippen LogP contribution in [-0.4, -0.2) is 34.7 Å². The van der Waals surface area contributed by atoms with Crippen molar-refractivity contribution in [2.24, 2.45) is 16.6 Å². The number of nitrogens with two attached hydrogens (primary N) is 1. The number of non-ortho nitro benzene ring substituents is 1. The Morgan fingerprint density at radius 3 is 2.79 bits per heavy atom. The molecule has 3 atom stereocenters. The summed E-state index contributed by atoms with van der Waals surface area (Å²) in [6.45, 7) is -0.554. The molecule has 0 aliphatic carbocycles. The molecule has 3 rings (SSSR count). The third kappa shape index (κ3) is 2.61. The van der Waals surface area contributed by atoms with Gasteiger partial charge in [0, 0.05) is 29.4 Å². The normalized spacial score (nSPS) is 29.9. The van der Waals surface area contributed by atoms with Gasteiger partial charge in [-0.25, -0.2) is 9.38 Å². The summed E-state index contributed by atoms with van der Waals surface area (Å²) in [5, 5.41) is 10.9. The fourth-order valence-corrected chi connectivity index (χ4v) is 4.08. The summed E-state index contributed by atoms with van der Waals surface area (Å²) in [7, 11) is 0. The van der Waals surface area contributed by atoms with Gasteiger partial charge in [-0.2, -0.15) is 13.2 Å². The zero-order valence-electron chi connectivity index (χ0n) is 11.9. The van der Waals surface area contributed by atoms with Crippen molar-refractivity contribution in [2.75, 3.05) is 12.4 Å². The Bertz CT molecular complexity index is 727. The van der Waals surface area contributed by atoms with Gasteiger partial charge in [-0.1, -0.05) is 11.8 Å². The molecule has 130 valence electrons. The lowest BCUT2D eigenvalue weighted by atomic mass is 9.78. The molecule has 0 aromatic heterocycles. The van der Waals surface area contributed by atoms with Gasteiger partial charge >= 0.3 is 6.18 Å². The molecule has 1 saturated heterocycles. The molecule has 0 radical (unpaired) electrons. The van der Waals surface area contributed by atoms with Crippen LogP contribution in [0.3, 0.4) is 0 Å². The average Bonchev–Trinajstić information content (AvgIpc) is 2.86. The zero-order chi connectivity index (χ0) is 17.7. The predicted octanol–water partition coefficient (Wildman–Crippen LogP) is 2.57. The van der Waals surface area contributed by atoms with Crippen LogP contribution in [0.5, 0.6) is 0 Å². The van der Waals surface area contributed by atoms with Gasteiger partial charge in [0.15, 0.2) is 11.3 Å². The van der Waals surface area contributed by atoms with E-state index in [0.29, 0.717) is 0 Å². The second-order valence-electron chi connectivity index (χ2n) is 5.49. The maximum Gasteiger partial charge on any atom is 0.415 e. The third-order valence-corrected chi connectivity index (χ3v) is 5.04. The molecule has 0 amide bonds. The van der Waals surface area contributed by atoms with E-state index in [2.05, 4.69) is 4.99 Å². The van der Waals surface area contributed by atoms with E-state index in [1.54, 1.807) is 0 Å². The first kappa shape index (κ1) is 17.0. The van der Waals surface area contributed by atoms with Crippen molar-refractivity contribution in [3.63, 3.8) is 0 Å². The first-order valence-corrected chi connectivity index (χ1v) is 7.74. The maximum atomic E-state index is 14.3. The Morgan fingerprint density at radius 2 is 2.17 bits per heavy atom. The highest BCUT2D eigenvalue weighted by molar-refractivity contribution is 8.13. The number of rotatable bonds is 2. The number of nitrogens with zero attached hydrogens (tertiary/aromatic N) is 2. The Hall–Kier alpha value is -1.88. The van der Waals surface area contributed by atoms with Crippen LogP contribution in [0.15, 0.2) is 23.2 Å². The molecule has 11 heteroatoms. The number of thioether (sulfide) groups is 1. The first-order valence-electron chi connectivity index (χ1n) is 6.76. The van der Waals surface area contributed by atoms with Crippen molar-refractivity contribution in [1.29, 1.82) is 0 Å². The van der Waals surface area contributed by atoms with Gasteiger partial charge in [0.05, 0.1) is 11.5 Å². The minimum atomic E-state index is -4.66. The van der Waals surface area contributed by atoms with Crippen molar-refractivity contribution in [2.45, 2.75) is 17.8 Å². The van der Waals surface area contributed by atoms with Gasteiger partial charge in [0.1, 0.15) is 11.4 Å². The molecule has 0 saturated carbocycles. The summed E-state index contributed by atoms with van der Waals surface area (Å²) in [5.41, 5.74) is 3.15. The van der Waals surface area contributed by atoms with Gasteiger partial charge in [0.25, 0.3) is 5.69 Å². The van der Waals surface area contributed by atoms with Gasteiger partial charge in [-0.3, -0.25) is 10.1 Å².